The molecule has 0 aliphatic rings. The fourth-order valence-corrected chi connectivity index (χ4v) is 2.25. The Morgan fingerprint density at radius 2 is 1.79 bits per heavy atom. The van der Waals surface area contributed by atoms with Gasteiger partial charge in [-0.15, -0.1) is 0 Å². The predicted molar refractivity (Wildman–Crippen MR) is 76.1 cm³/mol. The van der Waals surface area contributed by atoms with Crippen molar-refractivity contribution in [1.29, 1.82) is 0 Å². The summed E-state index contributed by atoms with van der Waals surface area (Å²) < 4.78 is 45.1. The third kappa shape index (κ3) is 3.80. The summed E-state index contributed by atoms with van der Waals surface area (Å²) in [5.41, 5.74) is -1.45. The second-order valence-electron chi connectivity index (χ2n) is 4.73. The number of rotatable bonds is 4. The predicted octanol–water partition coefficient (Wildman–Crippen LogP) is 4.35. The summed E-state index contributed by atoms with van der Waals surface area (Å²) in [4.78, 5) is 20.7. The molecule has 2 aromatic carbocycles. The second kappa shape index (κ2) is 6.57. The number of nitro benzene ring substituents is 1. The second-order valence-corrected chi connectivity index (χ2v) is 4.73. The summed E-state index contributed by atoms with van der Waals surface area (Å²) in [6, 6.07) is 9.04. The van der Waals surface area contributed by atoms with Crippen molar-refractivity contribution in [3.05, 3.63) is 69.8 Å². The van der Waals surface area contributed by atoms with Crippen LogP contribution < -0.4 is 4.74 Å². The molecule has 0 heterocycles. The Morgan fingerprint density at radius 3 is 2.29 bits per heavy atom. The van der Waals surface area contributed by atoms with Gasteiger partial charge in [0.2, 0.25) is 0 Å². The van der Waals surface area contributed by atoms with Gasteiger partial charge in [0.25, 0.3) is 5.69 Å². The van der Waals surface area contributed by atoms with Crippen LogP contribution in [0.25, 0.3) is 0 Å². The number of non-ortho nitro benzene ring substituents is 1. The summed E-state index contributed by atoms with van der Waals surface area (Å²) in [7, 11) is 0. The molecular weight excluding hydrogens is 331 g/mol. The smallest absolute Gasteiger partial charge is 0.449 e. The Bertz CT molecular complexity index is 761. The fraction of sp³-hybridized carbons (Fsp3) is 0.133. The van der Waals surface area contributed by atoms with Crippen LogP contribution in [0.5, 0.6) is 5.75 Å². The summed E-state index contributed by atoms with van der Waals surface area (Å²) in [5.74, 6) is -2.88. The quantitative estimate of drug-likeness (QED) is 0.386. The maximum Gasteiger partial charge on any atom is 0.511 e. The first-order chi connectivity index (χ1) is 11.2. The highest BCUT2D eigenvalue weighted by molar-refractivity contribution is 5.63. The van der Waals surface area contributed by atoms with E-state index in [9.17, 15) is 28.1 Å². The monoisotopic (exact) mass is 341 g/mol. The molecule has 126 valence electrons. The van der Waals surface area contributed by atoms with Gasteiger partial charge in [-0.25, -0.2) is 4.79 Å². The zero-order valence-electron chi connectivity index (χ0n) is 11.9. The number of hydrogen-bond acceptors (Lipinski definition) is 4. The first-order valence-corrected chi connectivity index (χ1v) is 6.51. The minimum absolute atomic E-state index is 0.194. The summed E-state index contributed by atoms with van der Waals surface area (Å²) in [5, 5.41) is 19.6. The maximum atomic E-state index is 13.6. The SMILES string of the molecule is O=C(O)Oc1ccc([N+](=O)[O-])cc1C(c1ccccc1)C(F)(F)F. The fourth-order valence-electron chi connectivity index (χ4n) is 2.25. The van der Waals surface area contributed by atoms with Crippen molar-refractivity contribution in [2.24, 2.45) is 0 Å². The number of nitrogens with zero attached hydrogens (tertiary/aromatic N) is 1. The summed E-state index contributed by atoms with van der Waals surface area (Å²) in [6.07, 6.45) is -6.63. The molecular formula is C15H10F3NO5. The van der Waals surface area contributed by atoms with Crippen LogP contribution in [0.15, 0.2) is 48.5 Å². The van der Waals surface area contributed by atoms with Gasteiger partial charge in [-0.1, -0.05) is 30.3 Å². The number of alkyl halides is 3. The first kappa shape index (κ1) is 17.3. The van der Waals surface area contributed by atoms with Crippen molar-refractivity contribution < 1.29 is 32.7 Å². The van der Waals surface area contributed by atoms with Crippen molar-refractivity contribution >= 4 is 11.8 Å². The topological polar surface area (TPSA) is 89.7 Å². The van der Waals surface area contributed by atoms with Gasteiger partial charge in [-0.3, -0.25) is 10.1 Å². The maximum absolute atomic E-state index is 13.6. The Hall–Kier alpha value is -3.10. The number of carboxylic acid groups (broad SMARTS) is 1. The molecule has 1 unspecified atom stereocenters. The Morgan fingerprint density at radius 1 is 1.17 bits per heavy atom. The van der Waals surface area contributed by atoms with Crippen LogP contribution in [-0.4, -0.2) is 22.4 Å². The number of ether oxygens (including phenoxy) is 1. The molecule has 1 atom stereocenters. The van der Waals surface area contributed by atoms with Crippen molar-refractivity contribution in [3.8, 4) is 5.75 Å². The molecule has 0 bridgehead atoms. The molecule has 0 radical (unpaired) electrons. The van der Waals surface area contributed by atoms with Crippen molar-refractivity contribution in [1.82, 2.24) is 0 Å². The van der Waals surface area contributed by atoms with Gasteiger partial charge < -0.3 is 9.84 Å². The zero-order valence-corrected chi connectivity index (χ0v) is 11.9. The highest BCUT2D eigenvalue weighted by Crippen LogP contribution is 2.44. The van der Waals surface area contributed by atoms with Gasteiger partial charge in [-0.2, -0.15) is 13.2 Å². The van der Waals surface area contributed by atoms with Crippen molar-refractivity contribution in [3.63, 3.8) is 0 Å². The van der Waals surface area contributed by atoms with E-state index in [4.69, 9.17) is 5.11 Å². The van der Waals surface area contributed by atoms with Crippen LogP contribution in [0, 0.1) is 10.1 Å². The molecule has 2 rings (SSSR count). The van der Waals surface area contributed by atoms with Gasteiger partial charge in [-0.05, 0) is 11.6 Å². The average molecular weight is 341 g/mol. The normalized spacial score (nSPS) is 12.5. The van der Waals surface area contributed by atoms with Crippen LogP contribution in [0.4, 0.5) is 23.7 Å². The van der Waals surface area contributed by atoms with E-state index in [0.29, 0.717) is 6.07 Å². The Kier molecular flexibility index (Phi) is 4.72. The lowest BCUT2D eigenvalue weighted by Gasteiger charge is -2.22. The number of carbonyl (C=O) groups is 1. The Labute approximate surface area is 133 Å². The van der Waals surface area contributed by atoms with Crippen LogP contribution in [0.3, 0.4) is 0 Å². The van der Waals surface area contributed by atoms with Gasteiger partial charge in [0.15, 0.2) is 0 Å². The molecule has 9 heteroatoms. The third-order valence-electron chi connectivity index (χ3n) is 3.17. The summed E-state index contributed by atoms with van der Waals surface area (Å²) >= 11 is 0. The molecule has 0 aliphatic carbocycles. The minimum atomic E-state index is -4.81. The molecule has 0 amide bonds. The van der Waals surface area contributed by atoms with E-state index in [0.717, 1.165) is 12.1 Å². The molecule has 0 spiro atoms. The third-order valence-corrected chi connectivity index (χ3v) is 3.17. The summed E-state index contributed by atoms with van der Waals surface area (Å²) in [6.45, 7) is 0. The number of halogens is 3. The van der Waals surface area contributed by atoms with Crippen LogP contribution >= 0.6 is 0 Å². The van der Waals surface area contributed by atoms with E-state index < -0.39 is 40.2 Å². The van der Waals surface area contributed by atoms with E-state index in [-0.39, 0.29) is 5.56 Å². The van der Waals surface area contributed by atoms with E-state index in [1.807, 2.05) is 0 Å². The molecule has 0 saturated carbocycles. The number of benzene rings is 2. The lowest BCUT2D eigenvalue weighted by atomic mass is 9.89. The number of hydrogen-bond donors (Lipinski definition) is 1. The lowest BCUT2D eigenvalue weighted by Crippen LogP contribution is -2.23. The largest absolute Gasteiger partial charge is 0.511 e. The molecule has 0 saturated heterocycles. The molecule has 24 heavy (non-hydrogen) atoms. The molecule has 0 aromatic heterocycles. The highest BCUT2D eigenvalue weighted by atomic mass is 19.4. The van der Waals surface area contributed by atoms with Crippen LogP contribution in [-0.2, 0) is 0 Å². The number of nitro groups is 1. The van der Waals surface area contributed by atoms with E-state index in [1.165, 1.54) is 30.3 Å². The van der Waals surface area contributed by atoms with E-state index >= 15 is 0 Å². The van der Waals surface area contributed by atoms with Gasteiger partial charge in [0.05, 0.1) is 4.92 Å². The van der Waals surface area contributed by atoms with Crippen LogP contribution in [0.1, 0.15) is 17.0 Å². The van der Waals surface area contributed by atoms with E-state index in [2.05, 4.69) is 4.74 Å². The highest BCUT2D eigenvalue weighted by Gasteiger charge is 2.44. The average Bonchev–Trinajstić information content (AvgIpc) is 2.48. The van der Waals surface area contributed by atoms with Gasteiger partial charge in [0, 0.05) is 17.7 Å². The van der Waals surface area contributed by atoms with Crippen molar-refractivity contribution in [2.45, 2.75) is 12.1 Å². The molecule has 6 nitrogen and oxygen atoms in total. The first-order valence-electron chi connectivity index (χ1n) is 6.51. The molecule has 0 fully saturated rings. The standard InChI is InChI=1S/C15H10F3NO5/c16-15(17,18)13(9-4-2-1-3-5-9)11-8-10(19(22)23)6-7-12(11)24-14(20)21/h1-8,13H,(H,20,21). The lowest BCUT2D eigenvalue weighted by molar-refractivity contribution is -0.385. The van der Waals surface area contributed by atoms with Crippen LogP contribution in [0.2, 0.25) is 0 Å². The van der Waals surface area contributed by atoms with Crippen molar-refractivity contribution in [2.75, 3.05) is 0 Å². The Balaban J connectivity index is 2.69. The van der Waals surface area contributed by atoms with Gasteiger partial charge >= 0.3 is 12.3 Å². The zero-order chi connectivity index (χ0) is 17.9. The molecule has 2 aromatic rings. The molecule has 1 N–H and O–H groups in total. The minimum Gasteiger partial charge on any atom is -0.449 e. The van der Waals surface area contributed by atoms with E-state index in [1.54, 1.807) is 0 Å². The molecule has 0 aliphatic heterocycles. The van der Waals surface area contributed by atoms with Gasteiger partial charge in [0.1, 0.15) is 11.7 Å².